The molecule has 0 N–H and O–H groups in total. The smallest absolute Gasteiger partial charge is 0.197 e. The normalized spacial score (nSPS) is 13.2. The van der Waals surface area contributed by atoms with Crippen LogP contribution in [0.1, 0.15) is 31.8 Å². The summed E-state index contributed by atoms with van der Waals surface area (Å²) < 4.78 is 0. The molecule has 4 heteroatoms. The summed E-state index contributed by atoms with van der Waals surface area (Å²) in [5.41, 5.74) is 0.388. The number of hydrogen-bond acceptors (Lipinski definition) is 4. The lowest BCUT2D eigenvalue weighted by Crippen LogP contribution is -1.97. The average molecular weight is 208 g/mol. The van der Waals surface area contributed by atoms with Crippen LogP contribution in [0.15, 0.2) is 24.3 Å². The molecular formula is C12H4N2O2. The second kappa shape index (κ2) is 3.15. The molecule has 74 valence electrons. The van der Waals surface area contributed by atoms with Gasteiger partial charge in [-0.05, 0) is 12.1 Å². The summed E-state index contributed by atoms with van der Waals surface area (Å²) in [6.45, 7) is 3.38. The highest BCUT2D eigenvalue weighted by atomic mass is 16.2. The van der Waals surface area contributed by atoms with Crippen molar-refractivity contribution in [2.45, 2.75) is 0 Å². The molecule has 0 aromatic heterocycles. The number of allylic oxidation sites excluding steroid dienone is 1. The molecule has 0 unspecified atom stereocenters. The Balaban J connectivity index is 2.81. The third-order valence-electron chi connectivity index (χ3n) is 2.44. The van der Waals surface area contributed by atoms with E-state index in [0.29, 0.717) is 0 Å². The zero-order valence-electron chi connectivity index (χ0n) is 8.07. The predicted molar refractivity (Wildman–Crippen MR) is 53.7 cm³/mol. The van der Waals surface area contributed by atoms with E-state index >= 15 is 0 Å². The second-order valence-corrected chi connectivity index (χ2v) is 3.30. The number of carbonyl (C=O) groups excluding carboxylic acids is 2. The van der Waals surface area contributed by atoms with Crippen molar-refractivity contribution in [3.05, 3.63) is 46.5 Å². The highest BCUT2D eigenvalue weighted by Crippen LogP contribution is 2.27. The van der Waals surface area contributed by atoms with E-state index in [2.05, 4.69) is 6.58 Å². The minimum atomic E-state index is -0.471. The van der Waals surface area contributed by atoms with Gasteiger partial charge in [-0.1, -0.05) is 6.58 Å². The summed E-state index contributed by atoms with van der Waals surface area (Å²) in [5.74, 6) is -0.943. The average Bonchev–Trinajstić information content (AvgIpc) is 2.52. The summed E-state index contributed by atoms with van der Waals surface area (Å²) in [5, 5.41) is 17.6. The zero-order chi connectivity index (χ0) is 11.9. The van der Waals surface area contributed by atoms with Crippen molar-refractivity contribution in [3.63, 3.8) is 0 Å². The number of benzene rings is 1. The first-order valence-electron chi connectivity index (χ1n) is 4.36. The van der Waals surface area contributed by atoms with Gasteiger partial charge in [0.05, 0.1) is 16.7 Å². The van der Waals surface area contributed by atoms with E-state index in [-0.39, 0.29) is 27.8 Å². The van der Waals surface area contributed by atoms with Crippen LogP contribution in [0.4, 0.5) is 0 Å². The molecule has 0 bridgehead atoms. The fourth-order valence-corrected chi connectivity index (χ4v) is 1.59. The summed E-state index contributed by atoms with van der Waals surface area (Å²) in [4.78, 5) is 23.1. The third kappa shape index (κ3) is 1.08. The number of nitriles is 2. The first-order chi connectivity index (χ1) is 7.60. The van der Waals surface area contributed by atoms with Crippen molar-refractivity contribution in [2.24, 2.45) is 0 Å². The SMILES string of the molecule is C=C1C(=O)c2cc(C#N)c(C#N)cc2C1=O. The summed E-state index contributed by atoms with van der Waals surface area (Å²) in [7, 11) is 0. The minimum Gasteiger partial charge on any atom is -0.288 e. The van der Waals surface area contributed by atoms with Crippen LogP contribution in [-0.2, 0) is 0 Å². The Morgan fingerprint density at radius 2 is 1.31 bits per heavy atom. The standard InChI is InChI=1S/C12H4N2O2/c1-6-11(15)9-2-7(4-13)8(5-14)3-10(9)12(6)16/h2-3H,1H2. The molecule has 1 aliphatic carbocycles. The molecule has 0 aliphatic heterocycles. The summed E-state index contributed by atoms with van der Waals surface area (Å²) in [6, 6.07) is 6.16. The summed E-state index contributed by atoms with van der Waals surface area (Å²) >= 11 is 0. The molecule has 0 saturated carbocycles. The molecule has 0 amide bonds. The van der Waals surface area contributed by atoms with Gasteiger partial charge in [-0.3, -0.25) is 9.59 Å². The van der Waals surface area contributed by atoms with Crippen LogP contribution in [0.3, 0.4) is 0 Å². The third-order valence-corrected chi connectivity index (χ3v) is 2.44. The van der Waals surface area contributed by atoms with Gasteiger partial charge in [0, 0.05) is 11.1 Å². The molecule has 0 atom stereocenters. The number of nitrogens with zero attached hydrogens (tertiary/aromatic N) is 2. The number of rotatable bonds is 0. The van der Waals surface area contributed by atoms with Crippen molar-refractivity contribution in [1.29, 1.82) is 10.5 Å². The van der Waals surface area contributed by atoms with E-state index in [1.165, 1.54) is 12.1 Å². The van der Waals surface area contributed by atoms with E-state index in [0.717, 1.165) is 0 Å². The van der Waals surface area contributed by atoms with Crippen molar-refractivity contribution in [1.82, 2.24) is 0 Å². The highest BCUT2D eigenvalue weighted by molar-refractivity contribution is 6.39. The molecule has 1 aromatic rings. The minimum absolute atomic E-state index is 0.0945. The Kier molecular flexibility index (Phi) is 1.93. The van der Waals surface area contributed by atoms with E-state index in [9.17, 15) is 9.59 Å². The molecule has 0 spiro atoms. The largest absolute Gasteiger partial charge is 0.288 e. The lowest BCUT2D eigenvalue weighted by atomic mass is 10.0. The lowest BCUT2D eigenvalue weighted by Gasteiger charge is -1.98. The molecule has 0 radical (unpaired) electrons. The molecule has 16 heavy (non-hydrogen) atoms. The summed E-state index contributed by atoms with van der Waals surface area (Å²) in [6.07, 6.45) is 0. The number of fused-ring (bicyclic) bond motifs is 1. The van der Waals surface area contributed by atoms with Crippen LogP contribution in [-0.4, -0.2) is 11.6 Å². The topological polar surface area (TPSA) is 81.7 Å². The lowest BCUT2D eigenvalue weighted by molar-refractivity contribution is 0.0989. The van der Waals surface area contributed by atoms with Crippen LogP contribution in [0.5, 0.6) is 0 Å². The van der Waals surface area contributed by atoms with Gasteiger partial charge in [0.15, 0.2) is 11.6 Å². The van der Waals surface area contributed by atoms with E-state index < -0.39 is 11.6 Å². The van der Waals surface area contributed by atoms with Crippen molar-refractivity contribution < 1.29 is 9.59 Å². The van der Waals surface area contributed by atoms with Crippen molar-refractivity contribution in [2.75, 3.05) is 0 Å². The number of ketones is 2. The highest BCUT2D eigenvalue weighted by Gasteiger charge is 2.32. The van der Waals surface area contributed by atoms with Crippen LogP contribution >= 0.6 is 0 Å². The van der Waals surface area contributed by atoms with Gasteiger partial charge in [0.2, 0.25) is 0 Å². The van der Waals surface area contributed by atoms with E-state index in [4.69, 9.17) is 10.5 Å². The Labute approximate surface area is 91.0 Å². The first kappa shape index (κ1) is 9.82. The zero-order valence-corrected chi connectivity index (χ0v) is 8.07. The Morgan fingerprint density at radius 3 is 1.62 bits per heavy atom. The molecule has 0 saturated heterocycles. The van der Waals surface area contributed by atoms with Gasteiger partial charge >= 0.3 is 0 Å². The maximum atomic E-state index is 11.6. The predicted octanol–water partition coefficient (Wildman–Crippen LogP) is 1.37. The maximum Gasteiger partial charge on any atom is 0.197 e. The number of hydrogen-bond donors (Lipinski definition) is 0. The van der Waals surface area contributed by atoms with Crippen LogP contribution in [0.2, 0.25) is 0 Å². The molecule has 1 aromatic carbocycles. The molecule has 0 fully saturated rings. The van der Waals surface area contributed by atoms with Gasteiger partial charge in [-0.25, -0.2) is 0 Å². The van der Waals surface area contributed by atoms with Gasteiger partial charge < -0.3 is 0 Å². The van der Waals surface area contributed by atoms with Gasteiger partial charge in [0.1, 0.15) is 12.1 Å². The maximum absolute atomic E-state index is 11.6. The molecular weight excluding hydrogens is 204 g/mol. The van der Waals surface area contributed by atoms with Gasteiger partial charge in [-0.15, -0.1) is 0 Å². The Morgan fingerprint density at radius 1 is 0.938 bits per heavy atom. The second-order valence-electron chi connectivity index (χ2n) is 3.30. The molecule has 0 heterocycles. The Hall–Kier alpha value is -2.72. The van der Waals surface area contributed by atoms with Crippen LogP contribution in [0, 0.1) is 22.7 Å². The number of Topliss-reactive ketones (excluding diaryl/α,β-unsaturated/α-hetero) is 2. The quantitative estimate of drug-likeness (QED) is 0.476. The molecule has 2 rings (SSSR count). The fourth-order valence-electron chi connectivity index (χ4n) is 1.59. The number of carbonyl (C=O) groups is 2. The van der Waals surface area contributed by atoms with Gasteiger partial charge in [-0.2, -0.15) is 10.5 Å². The van der Waals surface area contributed by atoms with E-state index in [1.54, 1.807) is 0 Å². The van der Waals surface area contributed by atoms with Crippen molar-refractivity contribution >= 4 is 11.6 Å². The van der Waals surface area contributed by atoms with E-state index in [1.807, 2.05) is 12.1 Å². The van der Waals surface area contributed by atoms with Crippen LogP contribution < -0.4 is 0 Å². The van der Waals surface area contributed by atoms with Crippen LogP contribution in [0.25, 0.3) is 0 Å². The van der Waals surface area contributed by atoms with Crippen molar-refractivity contribution in [3.8, 4) is 12.1 Å². The molecule has 1 aliphatic rings. The molecule has 4 nitrogen and oxygen atoms in total. The Bertz CT molecular complexity index is 587. The monoisotopic (exact) mass is 208 g/mol. The van der Waals surface area contributed by atoms with Gasteiger partial charge in [0.25, 0.3) is 0 Å². The first-order valence-corrected chi connectivity index (χ1v) is 4.36. The fraction of sp³-hybridized carbons (Fsp3) is 0.